The number of carbonyl (C=O) groups is 1. The second kappa shape index (κ2) is 8.08. The van der Waals surface area contributed by atoms with E-state index >= 15 is 0 Å². The highest BCUT2D eigenvalue weighted by molar-refractivity contribution is 7.92. The summed E-state index contributed by atoms with van der Waals surface area (Å²) >= 11 is 0. The van der Waals surface area contributed by atoms with Gasteiger partial charge >= 0.3 is 0 Å². The molecule has 0 aromatic heterocycles. The molecule has 0 fully saturated rings. The number of amides is 1. The topological polar surface area (TPSA) is 63.2 Å². The van der Waals surface area contributed by atoms with Gasteiger partial charge in [-0.15, -0.1) is 0 Å². The average molecular weight is 327 g/mol. The average Bonchev–Trinajstić information content (AvgIpc) is 2.43. The van der Waals surface area contributed by atoms with Crippen LogP contribution >= 0.6 is 0 Å². The largest absolute Gasteiger partial charge is 0.348 e. The Balaban J connectivity index is 2.79. The molecule has 1 rings (SSSR count). The quantitative estimate of drug-likeness (QED) is 0.783. The minimum Gasteiger partial charge on any atom is -0.348 e. The van der Waals surface area contributed by atoms with E-state index in [2.05, 4.69) is 5.32 Å². The molecule has 0 radical (unpaired) electrons. The van der Waals surface area contributed by atoms with E-state index in [-0.39, 0.29) is 23.5 Å². The molecule has 122 valence electrons. The summed E-state index contributed by atoms with van der Waals surface area (Å²) in [7, 11) is -3.46. The van der Waals surface area contributed by atoms with Gasteiger partial charge in [0.15, 0.2) is 9.84 Å². The number of allylic oxidation sites excluding steroid dienone is 1. The fourth-order valence-electron chi connectivity index (χ4n) is 2.02. The van der Waals surface area contributed by atoms with E-state index in [1.807, 2.05) is 13.8 Å². The first-order chi connectivity index (χ1) is 10.2. The lowest BCUT2D eigenvalue weighted by Crippen LogP contribution is -2.36. The Morgan fingerprint density at radius 3 is 2.36 bits per heavy atom. The van der Waals surface area contributed by atoms with Gasteiger partial charge < -0.3 is 5.32 Å². The number of nitrogens with one attached hydrogen (secondary N) is 1. The Hall–Kier alpha value is -1.69. The van der Waals surface area contributed by atoms with E-state index in [1.165, 1.54) is 18.2 Å². The van der Waals surface area contributed by atoms with Crippen molar-refractivity contribution in [1.82, 2.24) is 5.32 Å². The number of sulfone groups is 1. The standard InChI is InChI=1S/C16H22FNO3S/c1-4-5-10-22(20,21)11-15(19)18-16(12(2)3)13-6-8-14(17)9-7-13/h4-9,12,16H,10-11H2,1-3H3,(H,18,19). The van der Waals surface area contributed by atoms with Crippen LogP contribution in [0.25, 0.3) is 0 Å². The molecule has 22 heavy (non-hydrogen) atoms. The third-order valence-corrected chi connectivity index (χ3v) is 4.55. The molecule has 0 bridgehead atoms. The van der Waals surface area contributed by atoms with E-state index in [0.29, 0.717) is 0 Å². The summed E-state index contributed by atoms with van der Waals surface area (Å²) in [5, 5.41) is 2.72. The van der Waals surface area contributed by atoms with Gasteiger partial charge in [0.1, 0.15) is 11.6 Å². The van der Waals surface area contributed by atoms with Gasteiger partial charge in [0, 0.05) is 0 Å². The number of benzene rings is 1. The van der Waals surface area contributed by atoms with Crippen LogP contribution in [0.5, 0.6) is 0 Å². The predicted octanol–water partition coefficient (Wildman–Crippen LogP) is 2.63. The SMILES string of the molecule is CC=CCS(=O)(=O)CC(=O)NC(c1ccc(F)cc1)C(C)C. The van der Waals surface area contributed by atoms with Crippen LogP contribution in [0.3, 0.4) is 0 Å². The summed E-state index contributed by atoms with van der Waals surface area (Å²) in [6, 6.07) is 5.47. The molecule has 1 aromatic rings. The number of hydrogen-bond acceptors (Lipinski definition) is 3. The van der Waals surface area contributed by atoms with Gasteiger partial charge in [0.25, 0.3) is 0 Å². The maximum Gasteiger partial charge on any atom is 0.235 e. The van der Waals surface area contributed by atoms with E-state index in [4.69, 9.17) is 0 Å². The maximum atomic E-state index is 13.0. The molecule has 0 aliphatic carbocycles. The molecule has 0 aliphatic rings. The Labute approximate surface area is 131 Å². The Bertz CT molecular complexity index is 621. The van der Waals surface area contributed by atoms with Gasteiger partial charge in [-0.2, -0.15) is 0 Å². The molecule has 1 N–H and O–H groups in total. The monoisotopic (exact) mass is 327 g/mol. The Morgan fingerprint density at radius 2 is 1.86 bits per heavy atom. The number of carbonyl (C=O) groups excluding carboxylic acids is 1. The Morgan fingerprint density at radius 1 is 1.27 bits per heavy atom. The summed E-state index contributed by atoms with van der Waals surface area (Å²) in [6.45, 7) is 5.53. The van der Waals surface area contributed by atoms with E-state index in [1.54, 1.807) is 25.1 Å². The van der Waals surface area contributed by atoms with Crippen molar-refractivity contribution in [2.45, 2.75) is 26.8 Å². The number of halogens is 1. The van der Waals surface area contributed by atoms with Crippen molar-refractivity contribution in [3.8, 4) is 0 Å². The third-order valence-electron chi connectivity index (χ3n) is 3.15. The summed E-state index contributed by atoms with van der Waals surface area (Å²) in [5.41, 5.74) is 0.746. The van der Waals surface area contributed by atoms with Crippen molar-refractivity contribution in [3.63, 3.8) is 0 Å². The molecule has 0 heterocycles. The minimum absolute atomic E-state index is 0.0488. The summed E-state index contributed by atoms with van der Waals surface area (Å²) in [5.74, 6) is -1.56. The Kier molecular flexibility index (Phi) is 6.74. The summed E-state index contributed by atoms with van der Waals surface area (Å²) < 4.78 is 36.5. The third kappa shape index (κ3) is 5.97. The number of hydrogen-bond donors (Lipinski definition) is 1. The van der Waals surface area contributed by atoms with Crippen LogP contribution in [0.4, 0.5) is 4.39 Å². The lowest BCUT2D eigenvalue weighted by molar-refractivity contribution is -0.119. The van der Waals surface area contributed by atoms with Gasteiger partial charge in [0.05, 0.1) is 11.8 Å². The highest BCUT2D eigenvalue weighted by atomic mass is 32.2. The molecule has 6 heteroatoms. The highest BCUT2D eigenvalue weighted by Gasteiger charge is 2.21. The molecule has 1 unspecified atom stereocenters. The fraction of sp³-hybridized carbons (Fsp3) is 0.438. The minimum atomic E-state index is -3.46. The highest BCUT2D eigenvalue weighted by Crippen LogP contribution is 2.21. The van der Waals surface area contributed by atoms with Gasteiger partial charge in [-0.1, -0.05) is 38.1 Å². The fourth-order valence-corrected chi connectivity index (χ4v) is 3.11. The van der Waals surface area contributed by atoms with Crippen LogP contribution in [0.15, 0.2) is 36.4 Å². The molecular formula is C16H22FNO3S. The summed E-state index contributed by atoms with van der Waals surface area (Å²) in [6.07, 6.45) is 3.13. The van der Waals surface area contributed by atoms with Crippen molar-refractivity contribution in [2.75, 3.05) is 11.5 Å². The van der Waals surface area contributed by atoms with Gasteiger partial charge in [-0.05, 0) is 30.5 Å². The lowest BCUT2D eigenvalue weighted by atomic mass is 9.96. The molecule has 0 saturated heterocycles. The molecular weight excluding hydrogens is 305 g/mol. The van der Waals surface area contributed by atoms with E-state index < -0.39 is 21.5 Å². The zero-order valence-electron chi connectivity index (χ0n) is 13.0. The van der Waals surface area contributed by atoms with Crippen molar-refractivity contribution in [1.29, 1.82) is 0 Å². The molecule has 0 aliphatic heterocycles. The van der Waals surface area contributed by atoms with Gasteiger partial charge in [0.2, 0.25) is 5.91 Å². The first-order valence-electron chi connectivity index (χ1n) is 7.11. The molecule has 1 aromatic carbocycles. The van der Waals surface area contributed by atoms with Crippen LogP contribution in [0.1, 0.15) is 32.4 Å². The lowest BCUT2D eigenvalue weighted by Gasteiger charge is -2.23. The van der Waals surface area contributed by atoms with Crippen LogP contribution in [-0.2, 0) is 14.6 Å². The molecule has 1 amide bonds. The van der Waals surface area contributed by atoms with Crippen molar-refractivity contribution < 1.29 is 17.6 Å². The van der Waals surface area contributed by atoms with Crippen LogP contribution in [0, 0.1) is 11.7 Å². The van der Waals surface area contributed by atoms with Crippen molar-refractivity contribution >= 4 is 15.7 Å². The van der Waals surface area contributed by atoms with E-state index in [0.717, 1.165) is 5.56 Å². The molecule has 4 nitrogen and oxygen atoms in total. The van der Waals surface area contributed by atoms with Gasteiger partial charge in [-0.25, -0.2) is 12.8 Å². The van der Waals surface area contributed by atoms with Gasteiger partial charge in [-0.3, -0.25) is 4.79 Å². The van der Waals surface area contributed by atoms with Crippen LogP contribution in [-0.4, -0.2) is 25.8 Å². The van der Waals surface area contributed by atoms with Crippen LogP contribution in [0.2, 0.25) is 0 Å². The summed E-state index contributed by atoms with van der Waals surface area (Å²) in [4.78, 5) is 12.0. The smallest absolute Gasteiger partial charge is 0.235 e. The first-order valence-corrected chi connectivity index (χ1v) is 8.93. The first kappa shape index (κ1) is 18.4. The van der Waals surface area contributed by atoms with Crippen LogP contribution < -0.4 is 5.32 Å². The zero-order valence-corrected chi connectivity index (χ0v) is 13.9. The van der Waals surface area contributed by atoms with Crippen molar-refractivity contribution in [2.24, 2.45) is 5.92 Å². The predicted molar refractivity (Wildman–Crippen MR) is 85.6 cm³/mol. The van der Waals surface area contributed by atoms with E-state index in [9.17, 15) is 17.6 Å². The molecule has 0 spiro atoms. The maximum absolute atomic E-state index is 13.0. The zero-order chi connectivity index (χ0) is 16.8. The van der Waals surface area contributed by atoms with Crippen molar-refractivity contribution in [3.05, 3.63) is 47.8 Å². The number of rotatable bonds is 7. The normalized spacial score (nSPS) is 13.5. The molecule has 1 atom stereocenters. The second-order valence-corrected chi connectivity index (χ2v) is 7.57. The second-order valence-electron chi connectivity index (χ2n) is 5.46. The molecule has 0 saturated carbocycles.